The average molecular weight is 557 g/mol. The molecule has 214 valence electrons. The fourth-order valence-electron chi connectivity index (χ4n) is 4.26. The van der Waals surface area contributed by atoms with Crippen LogP contribution in [0.1, 0.15) is 39.7 Å². The molecule has 0 radical (unpaired) electrons. The number of rotatable bonds is 11. The summed E-state index contributed by atoms with van der Waals surface area (Å²) in [5, 5.41) is 1.89. The van der Waals surface area contributed by atoms with Gasteiger partial charge in [0.05, 0.1) is 30.5 Å². The summed E-state index contributed by atoms with van der Waals surface area (Å²) in [6.45, 7) is 6.99. The van der Waals surface area contributed by atoms with Crippen LogP contribution in [0.3, 0.4) is 0 Å². The number of fused-ring (bicyclic) bond motifs is 1. The molecule has 1 atom stereocenters. The van der Waals surface area contributed by atoms with Crippen LogP contribution in [-0.4, -0.2) is 47.3 Å². The van der Waals surface area contributed by atoms with E-state index >= 15 is 0 Å². The lowest BCUT2D eigenvalue weighted by Gasteiger charge is -2.33. The molecule has 1 heterocycles. The molecule has 0 saturated carbocycles. The number of esters is 1. The van der Waals surface area contributed by atoms with Crippen LogP contribution in [0.25, 0.3) is 22.2 Å². The summed E-state index contributed by atoms with van der Waals surface area (Å²) < 4.78 is 17.3. The van der Waals surface area contributed by atoms with Crippen molar-refractivity contribution in [3.05, 3.63) is 90.5 Å². The van der Waals surface area contributed by atoms with Crippen molar-refractivity contribution in [3.8, 4) is 22.8 Å². The molecule has 0 unspecified atom stereocenters. The van der Waals surface area contributed by atoms with Gasteiger partial charge < -0.3 is 14.2 Å². The molecule has 0 N–H and O–H groups in total. The SMILES string of the molecule is COc1ccc2c(OCC[C@@H](C(=O)OCc3ccccc3)N(OC(C)(C)C)C(C)=O)cc(-c3ccccc3)nc2c1. The van der Waals surface area contributed by atoms with E-state index in [2.05, 4.69) is 0 Å². The zero-order valence-electron chi connectivity index (χ0n) is 24.1. The van der Waals surface area contributed by atoms with Gasteiger partial charge in [-0.25, -0.2) is 14.8 Å². The van der Waals surface area contributed by atoms with Gasteiger partial charge in [0.1, 0.15) is 18.1 Å². The molecule has 0 aliphatic carbocycles. The highest BCUT2D eigenvalue weighted by molar-refractivity contribution is 5.89. The van der Waals surface area contributed by atoms with Gasteiger partial charge in [-0.2, -0.15) is 0 Å². The number of methoxy groups -OCH3 is 1. The number of aromatic nitrogens is 1. The van der Waals surface area contributed by atoms with Crippen molar-refractivity contribution in [1.82, 2.24) is 10.0 Å². The Morgan fingerprint density at radius 1 is 0.927 bits per heavy atom. The Bertz CT molecular complexity index is 1470. The second-order valence-corrected chi connectivity index (χ2v) is 10.5. The van der Waals surface area contributed by atoms with Gasteiger partial charge in [-0.15, -0.1) is 0 Å². The molecule has 0 saturated heterocycles. The molecule has 0 spiro atoms. The van der Waals surface area contributed by atoms with Crippen LogP contribution in [0.5, 0.6) is 11.5 Å². The Kier molecular flexibility index (Phi) is 9.57. The zero-order chi connectivity index (χ0) is 29.4. The van der Waals surface area contributed by atoms with E-state index in [0.717, 1.165) is 27.3 Å². The van der Waals surface area contributed by atoms with Crippen LogP contribution >= 0.6 is 0 Å². The van der Waals surface area contributed by atoms with Crippen LogP contribution in [0.15, 0.2) is 84.9 Å². The van der Waals surface area contributed by atoms with E-state index in [9.17, 15) is 9.59 Å². The van der Waals surface area contributed by atoms with Crippen molar-refractivity contribution in [2.45, 2.75) is 52.4 Å². The van der Waals surface area contributed by atoms with E-state index in [1.165, 1.54) is 6.92 Å². The van der Waals surface area contributed by atoms with Gasteiger partial charge in [-0.1, -0.05) is 60.7 Å². The maximum absolute atomic E-state index is 13.3. The number of hydrogen-bond acceptors (Lipinski definition) is 7. The van der Waals surface area contributed by atoms with Gasteiger partial charge in [0.25, 0.3) is 0 Å². The van der Waals surface area contributed by atoms with Crippen LogP contribution < -0.4 is 9.47 Å². The second kappa shape index (κ2) is 13.3. The molecule has 1 aromatic heterocycles. The molecular weight excluding hydrogens is 520 g/mol. The van der Waals surface area contributed by atoms with Gasteiger partial charge in [0, 0.05) is 36.4 Å². The van der Waals surface area contributed by atoms with Crippen molar-refractivity contribution in [1.29, 1.82) is 0 Å². The molecule has 0 aliphatic heterocycles. The van der Waals surface area contributed by atoms with Gasteiger partial charge in [-0.05, 0) is 38.5 Å². The maximum Gasteiger partial charge on any atom is 0.331 e. The number of carbonyl (C=O) groups excluding carboxylic acids is 2. The van der Waals surface area contributed by atoms with Crippen LogP contribution in [0.4, 0.5) is 0 Å². The summed E-state index contributed by atoms with van der Waals surface area (Å²) in [4.78, 5) is 36.7. The number of hydroxylamine groups is 2. The molecule has 3 aromatic carbocycles. The number of amides is 1. The largest absolute Gasteiger partial charge is 0.497 e. The zero-order valence-corrected chi connectivity index (χ0v) is 24.1. The summed E-state index contributed by atoms with van der Waals surface area (Å²) in [6.07, 6.45) is 0.143. The van der Waals surface area contributed by atoms with Gasteiger partial charge in [-0.3, -0.25) is 9.63 Å². The third kappa shape index (κ3) is 8.05. The first kappa shape index (κ1) is 29.6. The molecule has 8 nitrogen and oxygen atoms in total. The van der Waals surface area contributed by atoms with E-state index in [-0.39, 0.29) is 19.6 Å². The number of pyridine rings is 1. The smallest absolute Gasteiger partial charge is 0.331 e. The summed E-state index contributed by atoms with van der Waals surface area (Å²) in [7, 11) is 1.61. The Morgan fingerprint density at radius 3 is 2.24 bits per heavy atom. The monoisotopic (exact) mass is 556 g/mol. The first-order chi connectivity index (χ1) is 19.6. The molecule has 41 heavy (non-hydrogen) atoms. The Labute approximate surface area is 240 Å². The molecule has 4 aromatic rings. The number of nitrogens with zero attached hydrogens (tertiary/aromatic N) is 2. The van der Waals surface area contributed by atoms with Crippen LogP contribution in [0, 0.1) is 0 Å². The fraction of sp³-hybridized carbons (Fsp3) is 0.303. The quantitative estimate of drug-likeness (QED) is 0.157. The lowest BCUT2D eigenvalue weighted by atomic mass is 10.1. The summed E-state index contributed by atoms with van der Waals surface area (Å²) >= 11 is 0. The van der Waals surface area contributed by atoms with Gasteiger partial charge in [0.2, 0.25) is 5.91 Å². The summed E-state index contributed by atoms with van der Waals surface area (Å²) in [5.74, 6) is 0.290. The molecule has 8 heteroatoms. The maximum atomic E-state index is 13.3. The minimum atomic E-state index is -1.02. The van der Waals surface area contributed by atoms with E-state index in [4.69, 9.17) is 24.0 Å². The number of ether oxygens (including phenoxy) is 3. The molecule has 0 bridgehead atoms. The summed E-state index contributed by atoms with van der Waals surface area (Å²) in [6, 6.07) is 25.6. The van der Waals surface area contributed by atoms with Gasteiger partial charge in [0.15, 0.2) is 6.04 Å². The van der Waals surface area contributed by atoms with Crippen molar-refractivity contribution in [3.63, 3.8) is 0 Å². The normalized spacial score (nSPS) is 12.0. The highest BCUT2D eigenvalue weighted by atomic mass is 16.7. The number of hydrogen-bond donors (Lipinski definition) is 0. The Hall–Kier alpha value is -4.43. The van der Waals surface area contributed by atoms with E-state index in [1.807, 2.05) is 106 Å². The highest BCUT2D eigenvalue weighted by Crippen LogP contribution is 2.32. The lowest BCUT2D eigenvalue weighted by molar-refractivity contribution is -0.245. The number of carbonyl (C=O) groups is 2. The van der Waals surface area contributed by atoms with E-state index < -0.39 is 23.5 Å². The third-order valence-electron chi connectivity index (χ3n) is 6.16. The minimum Gasteiger partial charge on any atom is -0.497 e. The lowest BCUT2D eigenvalue weighted by Crippen LogP contribution is -2.49. The Balaban J connectivity index is 1.60. The van der Waals surface area contributed by atoms with E-state index in [1.54, 1.807) is 7.11 Å². The van der Waals surface area contributed by atoms with Gasteiger partial charge >= 0.3 is 5.97 Å². The first-order valence-electron chi connectivity index (χ1n) is 13.5. The fourth-order valence-corrected chi connectivity index (χ4v) is 4.26. The Morgan fingerprint density at radius 2 is 1.61 bits per heavy atom. The summed E-state index contributed by atoms with van der Waals surface area (Å²) in [5.41, 5.74) is 2.51. The van der Waals surface area contributed by atoms with Crippen LogP contribution in [0.2, 0.25) is 0 Å². The highest BCUT2D eigenvalue weighted by Gasteiger charge is 2.34. The first-order valence-corrected chi connectivity index (χ1v) is 13.5. The molecule has 0 fully saturated rings. The van der Waals surface area contributed by atoms with E-state index in [0.29, 0.717) is 17.0 Å². The molecule has 0 aliphatic rings. The molecule has 4 rings (SSSR count). The van der Waals surface area contributed by atoms with Crippen molar-refractivity contribution in [2.24, 2.45) is 0 Å². The van der Waals surface area contributed by atoms with Crippen LogP contribution in [-0.2, 0) is 25.8 Å². The predicted octanol–water partition coefficient (Wildman–Crippen LogP) is 6.37. The molecular formula is C33H36N2O6. The van der Waals surface area contributed by atoms with Crippen molar-refractivity contribution >= 4 is 22.8 Å². The van der Waals surface area contributed by atoms with Crippen molar-refractivity contribution < 1.29 is 28.6 Å². The third-order valence-corrected chi connectivity index (χ3v) is 6.16. The average Bonchev–Trinajstić information content (AvgIpc) is 2.97. The molecule has 1 amide bonds. The second-order valence-electron chi connectivity index (χ2n) is 10.5. The van der Waals surface area contributed by atoms with Crippen molar-refractivity contribution in [2.75, 3.05) is 13.7 Å². The standard InChI is InChI=1S/C33H36N2O6/c1-23(36)35(41-33(2,3)4)30(32(37)40-22-24-12-8-6-9-13-24)18-19-39-31-21-28(25-14-10-7-11-15-25)34-29-20-26(38-5)16-17-27(29)31/h6-17,20-21,30H,18-19,22H2,1-5H3/t30-/m0/s1. The topological polar surface area (TPSA) is 87.2 Å². The number of benzene rings is 3. The minimum absolute atomic E-state index is 0.0789. The predicted molar refractivity (Wildman–Crippen MR) is 157 cm³/mol.